The number of benzene rings is 1. The molecule has 2 aliphatic rings. The third-order valence-electron chi connectivity index (χ3n) is 3.70. The van der Waals surface area contributed by atoms with Crippen molar-refractivity contribution < 1.29 is 0 Å². The first-order valence-corrected chi connectivity index (χ1v) is 6.51. The molecule has 0 saturated heterocycles. The Hall–Kier alpha value is -0.430. The van der Waals surface area contributed by atoms with Crippen LogP contribution in [0.2, 0.25) is 0 Å². The van der Waals surface area contributed by atoms with E-state index in [4.69, 9.17) is 0 Å². The highest BCUT2D eigenvalue weighted by Crippen LogP contribution is 2.50. The Morgan fingerprint density at radius 2 is 1.86 bits per heavy atom. The maximum absolute atomic E-state index is 2.25. The first kappa shape index (κ1) is 8.84. The molecule has 14 heavy (non-hydrogen) atoms. The van der Waals surface area contributed by atoms with Crippen LogP contribution in [0.1, 0.15) is 25.7 Å². The predicted molar refractivity (Wildman–Crippen MR) is 61.5 cm³/mol. The lowest BCUT2D eigenvalue weighted by Crippen LogP contribution is -2.11. The monoisotopic (exact) mass is 204 g/mol. The second-order valence-corrected chi connectivity index (χ2v) is 5.96. The summed E-state index contributed by atoms with van der Waals surface area (Å²) in [5, 5.41) is 0.927. The van der Waals surface area contributed by atoms with Crippen molar-refractivity contribution in [2.24, 2.45) is 11.8 Å². The number of hydrogen-bond acceptors (Lipinski definition) is 1. The van der Waals surface area contributed by atoms with Crippen LogP contribution in [0.5, 0.6) is 0 Å². The van der Waals surface area contributed by atoms with Crippen LogP contribution < -0.4 is 0 Å². The van der Waals surface area contributed by atoms with Crippen molar-refractivity contribution in [3.8, 4) is 0 Å². The largest absolute Gasteiger partial charge is 0.122 e. The molecule has 1 aromatic rings. The van der Waals surface area contributed by atoms with Crippen LogP contribution in [-0.4, -0.2) is 5.25 Å². The maximum Gasteiger partial charge on any atom is 0.0125 e. The second-order valence-electron chi connectivity index (χ2n) is 4.64. The molecule has 0 heterocycles. The van der Waals surface area contributed by atoms with Crippen molar-refractivity contribution in [2.45, 2.75) is 35.8 Å². The van der Waals surface area contributed by atoms with Crippen molar-refractivity contribution in [3.05, 3.63) is 30.3 Å². The van der Waals surface area contributed by atoms with Gasteiger partial charge in [-0.05, 0) is 43.2 Å². The smallest absolute Gasteiger partial charge is 0.0125 e. The first-order valence-electron chi connectivity index (χ1n) is 5.63. The highest BCUT2D eigenvalue weighted by atomic mass is 32.2. The fourth-order valence-electron chi connectivity index (χ4n) is 3.00. The summed E-state index contributed by atoms with van der Waals surface area (Å²) < 4.78 is 0. The molecule has 0 N–H and O–H groups in total. The zero-order valence-electron chi connectivity index (χ0n) is 8.36. The summed E-state index contributed by atoms with van der Waals surface area (Å²) in [7, 11) is 0. The summed E-state index contributed by atoms with van der Waals surface area (Å²) >= 11 is 2.11. The molecule has 2 aliphatic carbocycles. The molecule has 74 valence electrons. The minimum atomic E-state index is 0.927. The van der Waals surface area contributed by atoms with E-state index in [1.54, 1.807) is 0 Å². The SMILES string of the molecule is c1ccc(S[C@H]2C[C@@H]3CC[C@@H]2C3)cc1. The summed E-state index contributed by atoms with van der Waals surface area (Å²) in [5.74, 6) is 2.10. The Morgan fingerprint density at radius 3 is 2.50 bits per heavy atom. The van der Waals surface area contributed by atoms with Gasteiger partial charge in [-0.1, -0.05) is 24.6 Å². The molecule has 0 spiro atoms. The van der Waals surface area contributed by atoms with Gasteiger partial charge in [0.15, 0.2) is 0 Å². The molecule has 0 amide bonds. The summed E-state index contributed by atoms with van der Waals surface area (Å²) in [6, 6.07) is 10.9. The average Bonchev–Trinajstić information content (AvgIpc) is 2.81. The van der Waals surface area contributed by atoms with Gasteiger partial charge in [0.1, 0.15) is 0 Å². The molecule has 0 nitrogen and oxygen atoms in total. The van der Waals surface area contributed by atoms with Gasteiger partial charge >= 0.3 is 0 Å². The van der Waals surface area contributed by atoms with Crippen molar-refractivity contribution in [2.75, 3.05) is 0 Å². The van der Waals surface area contributed by atoms with Crippen molar-refractivity contribution in [3.63, 3.8) is 0 Å². The molecule has 0 aromatic heterocycles. The van der Waals surface area contributed by atoms with Crippen LogP contribution in [-0.2, 0) is 0 Å². The van der Waals surface area contributed by atoms with Gasteiger partial charge in [-0.2, -0.15) is 0 Å². The van der Waals surface area contributed by atoms with E-state index in [9.17, 15) is 0 Å². The van der Waals surface area contributed by atoms with E-state index >= 15 is 0 Å². The Balaban J connectivity index is 1.69. The maximum atomic E-state index is 2.25. The summed E-state index contributed by atoms with van der Waals surface area (Å²) in [6.45, 7) is 0. The Kier molecular flexibility index (Phi) is 2.28. The number of hydrogen-bond donors (Lipinski definition) is 0. The normalized spacial score (nSPS) is 35.0. The fraction of sp³-hybridized carbons (Fsp3) is 0.538. The van der Waals surface area contributed by atoms with E-state index in [2.05, 4.69) is 42.1 Å². The Labute approximate surface area is 90.1 Å². The fourth-order valence-corrected chi connectivity index (χ4v) is 4.48. The molecule has 2 bridgehead atoms. The molecule has 3 atom stereocenters. The minimum Gasteiger partial charge on any atom is -0.122 e. The molecule has 0 radical (unpaired) electrons. The molecule has 0 aliphatic heterocycles. The van der Waals surface area contributed by atoms with Gasteiger partial charge in [-0.3, -0.25) is 0 Å². The average molecular weight is 204 g/mol. The molecule has 2 saturated carbocycles. The third-order valence-corrected chi connectivity index (χ3v) is 5.13. The Bertz CT molecular complexity index is 306. The molecule has 2 fully saturated rings. The van der Waals surface area contributed by atoms with Gasteiger partial charge < -0.3 is 0 Å². The van der Waals surface area contributed by atoms with Crippen molar-refractivity contribution in [1.29, 1.82) is 0 Å². The molecular formula is C13H16S. The lowest BCUT2D eigenvalue weighted by atomic mass is 10.0. The van der Waals surface area contributed by atoms with Gasteiger partial charge in [0, 0.05) is 10.1 Å². The highest BCUT2D eigenvalue weighted by molar-refractivity contribution is 8.00. The first-order chi connectivity index (χ1) is 6.92. The van der Waals surface area contributed by atoms with Crippen LogP contribution in [0.3, 0.4) is 0 Å². The molecule has 1 heteroatoms. The van der Waals surface area contributed by atoms with Gasteiger partial charge in [-0.25, -0.2) is 0 Å². The molecular weight excluding hydrogens is 188 g/mol. The lowest BCUT2D eigenvalue weighted by Gasteiger charge is -2.20. The summed E-state index contributed by atoms with van der Waals surface area (Å²) in [6.07, 6.45) is 6.00. The second kappa shape index (κ2) is 3.62. The lowest BCUT2D eigenvalue weighted by molar-refractivity contribution is 0.492. The minimum absolute atomic E-state index is 0.927. The number of thioether (sulfide) groups is 1. The summed E-state index contributed by atoms with van der Waals surface area (Å²) in [4.78, 5) is 1.46. The van der Waals surface area contributed by atoms with Crippen LogP contribution in [0.25, 0.3) is 0 Å². The van der Waals surface area contributed by atoms with Crippen molar-refractivity contribution >= 4 is 11.8 Å². The van der Waals surface area contributed by atoms with Crippen LogP contribution in [0, 0.1) is 11.8 Å². The van der Waals surface area contributed by atoms with E-state index in [1.807, 2.05) is 0 Å². The standard InChI is InChI=1S/C13H16S/c1-2-4-12(5-3-1)14-13-9-10-6-7-11(13)8-10/h1-5,10-11,13H,6-9H2/t10-,11-,13+/m1/s1. The topological polar surface area (TPSA) is 0 Å². The number of rotatable bonds is 2. The van der Waals surface area contributed by atoms with Crippen LogP contribution in [0.4, 0.5) is 0 Å². The van der Waals surface area contributed by atoms with Gasteiger partial charge in [0.25, 0.3) is 0 Å². The van der Waals surface area contributed by atoms with Gasteiger partial charge in [-0.15, -0.1) is 11.8 Å². The molecule has 3 rings (SSSR count). The number of fused-ring (bicyclic) bond motifs is 2. The third kappa shape index (κ3) is 1.58. The predicted octanol–water partition coefficient (Wildman–Crippen LogP) is 3.97. The van der Waals surface area contributed by atoms with Crippen LogP contribution >= 0.6 is 11.8 Å². The highest BCUT2D eigenvalue weighted by Gasteiger charge is 2.39. The summed E-state index contributed by atoms with van der Waals surface area (Å²) in [5.41, 5.74) is 0. The van der Waals surface area contributed by atoms with E-state index in [0.717, 1.165) is 17.1 Å². The molecule has 1 aromatic carbocycles. The van der Waals surface area contributed by atoms with Crippen LogP contribution in [0.15, 0.2) is 35.2 Å². The Morgan fingerprint density at radius 1 is 1.00 bits per heavy atom. The zero-order valence-corrected chi connectivity index (χ0v) is 9.17. The van der Waals surface area contributed by atoms with Crippen molar-refractivity contribution in [1.82, 2.24) is 0 Å². The quantitative estimate of drug-likeness (QED) is 0.702. The van der Waals surface area contributed by atoms with E-state index in [-0.39, 0.29) is 0 Å². The zero-order chi connectivity index (χ0) is 9.38. The van der Waals surface area contributed by atoms with E-state index in [0.29, 0.717) is 0 Å². The van der Waals surface area contributed by atoms with Gasteiger partial charge in [0.2, 0.25) is 0 Å². The van der Waals surface area contributed by atoms with Gasteiger partial charge in [0.05, 0.1) is 0 Å². The van der Waals surface area contributed by atoms with E-state index < -0.39 is 0 Å². The molecule has 0 unspecified atom stereocenters. The van der Waals surface area contributed by atoms with E-state index in [1.165, 1.54) is 30.6 Å².